The van der Waals surface area contributed by atoms with E-state index in [1.807, 2.05) is 36.1 Å². The van der Waals surface area contributed by atoms with Gasteiger partial charge in [-0.15, -0.1) is 0 Å². The third-order valence-corrected chi connectivity index (χ3v) is 2.34. The Balaban J connectivity index is 2.15. The molecule has 2 aromatic rings. The molecule has 0 saturated carbocycles. The quantitative estimate of drug-likeness (QED) is 0.821. The van der Waals surface area contributed by atoms with Gasteiger partial charge in [0.15, 0.2) is 0 Å². The molecule has 0 aliphatic carbocycles. The minimum absolute atomic E-state index is 0.723. The molecule has 2 rings (SSSR count). The van der Waals surface area contributed by atoms with Crippen LogP contribution in [-0.4, -0.2) is 14.8 Å². The van der Waals surface area contributed by atoms with Crippen LogP contribution < -0.4 is 0 Å². The van der Waals surface area contributed by atoms with Gasteiger partial charge in [-0.1, -0.05) is 0 Å². The van der Waals surface area contributed by atoms with Gasteiger partial charge in [0.25, 0.3) is 0 Å². The van der Waals surface area contributed by atoms with Crippen LogP contribution in [0.15, 0.2) is 35.2 Å². The molecule has 2 heterocycles. The van der Waals surface area contributed by atoms with Crippen LogP contribution in [0.3, 0.4) is 0 Å². The lowest BCUT2D eigenvalue weighted by Crippen LogP contribution is -2.01. The zero-order valence-corrected chi connectivity index (χ0v) is 9.40. The predicted octanol–water partition coefficient (Wildman–Crippen LogP) is 2.40. The van der Waals surface area contributed by atoms with Crippen molar-refractivity contribution in [3.63, 3.8) is 0 Å². The molecule has 0 aliphatic rings. The lowest BCUT2D eigenvalue weighted by atomic mass is 10.3. The molecule has 0 saturated heterocycles. The van der Waals surface area contributed by atoms with Crippen molar-refractivity contribution in [2.24, 2.45) is 0 Å². The van der Waals surface area contributed by atoms with Gasteiger partial charge in [0.05, 0.1) is 18.4 Å². The maximum Gasteiger partial charge on any atom is 0.0831 e. The summed E-state index contributed by atoms with van der Waals surface area (Å²) in [6.45, 7) is 2.75. The highest BCUT2D eigenvalue weighted by Gasteiger charge is 1.97. The van der Waals surface area contributed by atoms with Crippen molar-refractivity contribution in [2.45, 2.75) is 13.5 Å². The lowest BCUT2D eigenvalue weighted by Gasteiger charge is -2.00. The number of aryl methyl sites for hydroxylation is 1. The first-order valence-electron chi connectivity index (χ1n) is 4.33. The second-order valence-electron chi connectivity index (χ2n) is 3.18. The Hall–Kier alpha value is -1.16. The van der Waals surface area contributed by atoms with E-state index in [1.165, 1.54) is 5.56 Å². The van der Waals surface area contributed by atoms with Crippen LogP contribution >= 0.6 is 15.9 Å². The first kappa shape index (κ1) is 9.40. The average Bonchev–Trinajstić information content (AvgIpc) is 2.56. The molecular formula is C10H10BrN3. The number of hydrogen-bond acceptors (Lipinski definition) is 2. The van der Waals surface area contributed by atoms with Crippen molar-refractivity contribution >= 4 is 15.9 Å². The summed E-state index contributed by atoms with van der Waals surface area (Å²) in [6.07, 6.45) is 5.65. The van der Waals surface area contributed by atoms with E-state index >= 15 is 0 Å². The second kappa shape index (κ2) is 3.92. The van der Waals surface area contributed by atoms with Crippen LogP contribution in [0.4, 0.5) is 0 Å². The number of pyridine rings is 1. The van der Waals surface area contributed by atoms with Gasteiger partial charge in [0.1, 0.15) is 0 Å². The number of nitrogens with zero attached hydrogens (tertiary/aromatic N) is 3. The highest BCUT2D eigenvalue weighted by Crippen LogP contribution is 2.08. The molecule has 0 N–H and O–H groups in total. The number of halogens is 1. The van der Waals surface area contributed by atoms with Crippen molar-refractivity contribution in [3.8, 4) is 0 Å². The van der Waals surface area contributed by atoms with Gasteiger partial charge in [-0.2, -0.15) is 5.10 Å². The molecule has 0 radical (unpaired) electrons. The summed E-state index contributed by atoms with van der Waals surface area (Å²) in [5, 5.41) is 4.20. The van der Waals surface area contributed by atoms with Gasteiger partial charge in [0, 0.05) is 16.9 Å². The van der Waals surface area contributed by atoms with Gasteiger partial charge in [0.2, 0.25) is 0 Å². The summed E-state index contributed by atoms with van der Waals surface area (Å²) in [5.41, 5.74) is 2.18. The van der Waals surface area contributed by atoms with E-state index in [9.17, 15) is 0 Å². The SMILES string of the molecule is Cc1cnn(Cc2ccc(Br)cn2)c1. The standard InChI is InChI=1S/C10H10BrN3/c1-8-4-13-14(6-8)7-10-3-2-9(11)5-12-10/h2-6H,7H2,1H3. The molecule has 0 unspecified atom stereocenters. The highest BCUT2D eigenvalue weighted by molar-refractivity contribution is 9.10. The third kappa shape index (κ3) is 2.20. The van der Waals surface area contributed by atoms with Crippen LogP contribution in [0.1, 0.15) is 11.3 Å². The molecule has 0 aliphatic heterocycles. The smallest absolute Gasteiger partial charge is 0.0831 e. The summed E-state index contributed by atoms with van der Waals surface area (Å²) < 4.78 is 2.88. The average molecular weight is 252 g/mol. The van der Waals surface area contributed by atoms with Crippen molar-refractivity contribution < 1.29 is 0 Å². The zero-order valence-electron chi connectivity index (χ0n) is 7.81. The Labute approximate surface area is 90.9 Å². The molecular weight excluding hydrogens is 242 g/mol. The van der Waals surface area contributed by atoms with Crippen molar-refractivity contribution in [3.05, 3.63) is 46.5 Å². The van der Waals surface area contributed by atoms with Crippen molar-refractivity contribution in [2.75, 3.05) is 0 Å². The molecule has 0 spiro atoms. The van der Waals surface area contributed by atoms with E-state index in [-0.39, 0.29) is 0 Å². The Bertz CT molecular complexity index is 419. The van der Waals surface area contributed by atoms with Gasteiger partial charge in [-0.05, 0) is 40.5 Å². The van der Waals surface area contributed by atoms with E-state index in [4.69, 9.17) is 0 Å². The maximum absolute atomic E-state index is 4.28. The molecule has 0 fully saturated rings. The van der Waals surface area contributed by atoms with Crippen molar-refractivity contribution in [1.82, 2.24) is 14.8 Å². The van der Waals surface area contributed by atoms with Gasteiger partial charge in [-0.25, -0.2) is 0 Å². The van der Waals surface area contributed by atoms with E-state index in [2.05, 4.69) is 26.0 Å². The Morgan fingerprint density at radius 2 is 2.21 bits per heavy atom. The first-order valence-corrected chi connectivity index (χ1v) is 5.13. The Morgan fingerprint density at radius 3 is 2.79 bits per heavy atom. The van der Waals surface area contributed by atoms with Crippen LogP contribution in [0.5, 0.6) is 0 Å². The van der Waals surface area contributed by atoms with E-state index in [0.29, 0.717) is 0 Å². The van der Waals surface area contributed by atoms with Crippen molar-refractivity contribution in [1.29, 1.82) is 0 Å². The molecule has 14 heavy (non-hydrogen) atoms. The number of aromatic nitrogens is 3. The minimum Gasteiger partial charge on any atom is -0.266 e. The summed E-state index contributed by atoms with van der Waals surface area (Å²) in [5.74, 6) is 0. The summed E-state index contributed by atoms with van der Waals surface area (Å²) in [7, 11) is 0. The predicted molar refractivity (Wildman–Crippen MR) is 58.0 cm³/mol. The fourth-order valence-electron chi connectivity index (χ4n) is 1.22. The fraction of sp³-hybridized carbons (Fsp3) is 0.200. The fourth-order valence-corrected chi connectivity index (χ4v) is 1.45. The van der Waals surface area contributed by atoms with E-state index < -0.39 is 0 Å². The lowest BCUT2D eigenvalue weighted by molar-refractivity contribution is 0.672. The molecule has 0 aromatic carbocycles. The molecule has 72 valence electrons. The molecule has 3 nitrogen and oxygen atoms in total. The summed E-state index contributed by atoms with van der Waals surface area (Å²) >= 11 is 3.35. The minimum atomic E-state index is 0.723. The van der Waals surface area contributed by atoms with E-state index in [1.54, 1.807) is 6.20 Å². The molecule has 0 amide bonds. The number of hydrogen-bond donors (Lipinski definition) is 0. The molecule has 0 bridgehead atoms. The normalized spacial score (nSPS) is 10.4. The molecule has 2 aromatic heterocycles. The summed E-state index contributed by atoms with van der Waals surface area (Å²) in [4.78, 5) is 4.28. The van der Waals surface area contributed by atoms with Crippen LogP contribution in [0.25, 0.3) is 0 Å². The highest BCUT2D eigenvalue weighted by atomic mass is 79.9. The van der Waals surface area contributed by atoms with Gasteiger partial charge < -0.3 is 0 Å². The molecule has 4 heteroatoms. The maximum atomic E-state index is 4.28. The van der Waals surface area contributed by atoms with Crippen LogP contribution in [-0.2, 0) is 6.54 Å². The molecule has 0 atom stereocenters. The number of rotatable bonds is 2. The largest absolute Gasteiger partial charge is 0.266 e. The van der Waals surface area contributed by atoms with Crippen LogP contribution in [0.2, 0.25) is 0 Å². The third-order valence-electron chi connectivity index (χ3n) is 1.87. The van der Waals surface area contributed by atoms with Gasteiger partial charge >= 0.3 is 0 Å². The zero-order chi connectivity index (χ0) is 9.97. The monoisotopic (exact) mass is 251 g/mol. The Morgan fingerprint density at radius 1 is 1.36 bits per heavy atom. The summed E-state index contributed by atoms with van der Waals surface area (Å²) in [6, 6.07) is 3.97. The first-order chi connectivity index (χ1) is 6.74. The second-order valence-corrected chi connectivity index (χ2v) is 4.10. The van der Waals surface area contributed by atoms with Gasteiger partial charge in [-0.3, -0.25) is 9.67 Å². The van der Waals surface area contributed by atoms with E-state index in [0.717, 1.165) is 16.7 Å². The van der Waals surface area contributed by atoms with Crippen LogP contribution in [0, 0.1) is 6.92 Å². The Kier molecular flexibility index (Phi) is 2.63. The topological polar surface area (TPSA) is 30.7 Å².